The maximum atomic E-state index is 6.53. The molecule has 0 bridgehead atoms. The first-order valence-electron chi connectivity index (χ1n) is 5.76. The molecule has 0 radical (unpaired) electrons. The molecule has 82 valence electrons. The minimum Gasteiger partial charge on any atom is -0.381 e. The van der Waals surface area contributed by atoms with E-state index in [4.69, 9.17) is 10.5 Å². The third kappa shape index (κ3) is 2.10. The molecule has 0 aromatic carbocycles. The predicted octanol–water partition coefficient (Wildman–Crippen LogP) is 0.836. The maximum Gasteiger partial charge on any atom is 0.0469 e. The summed E-state index contributed by atoms with van der Waals surface area (Å²) in [5.41, 5.74) is 6.59. The predicted molar refractivity (Wildman–Crippen MR) is 57.2 cm³/mol. The van der Waals surface area contributed by atoms with Crippen LogP contribution in [0.4, 0.5) is 0 Å². The molecule has 2 rings (SSSR count). The fraction of sp³-hybridized carbons (Fsp3) is 1.00. The summed E-state index contributed by atoms with van der Waals surface area (Å²) in [4.78, 5) is 2.37. The van der Waals surface area contributed by atoms with Crippen LogP contribution in [-0.2, 0) is 4.74 Å². The van der Waals surface area contributed by atoms with Crippen molar-refractivity contribution >= 4 is 0 Å². The quantitative estimate of drug-likeness (QED) is 0.678. The van der Waals surface area contributed by atoms with Gasteiger partial charge in [0.05, 0.1) is 0 Å². The Balaban J connectivity index is 1.98. The molecule has 14 heavy (non-hydrogen) atoms. The fourth-order valence-electron chi connectivity index (χ4n) is 2.94. The van der Waals surface area contributed by atoms with Gasteiger partial charge in [0.25, 0.3) is 0 Å². The summed E-state index contributed by atoms with van der Waals surface area (Å²) in [7, 11) is 2.18. The third-order valence-corrected chi connectivity index (χ3v) is 3.78. The van der Waals surface area contributed by atoms with Crippen LogP contribution in [0.3, 0.4) is 0 Å². The monoisotopic (exact) mass is 198 g/mol. The van der Waals surface area contributed by atoms with E-state index in [1.165, 1.54) is 19.4 Å². The van der Waals surface area contributed by atoms with E-state index >= 15 is 0 Å². The van der Waals surface area contributed by atoms with Gasteiger partial charge < -0.3 is 15.4 Å². The first kappa shape index (κ1) is 10.4. The van der Waals surface area contributed by atoms with Crippen molar-refractivity contribution in [3.63, 3.8) is 0 Å². The van der Waals surface area contributed by atoms with Crippen LogP contribution in [0, 0.1) is 5.92 Å². The van der Waals surface area contributed by atoms with Crippen molar-refractivity contribution in [1.82, 2.24) is 4.90 Å². The lowest BCUT2D eigenvalue weighted by molar-refractivity contribution is 0.0174. The van der Waals surface area contributed by atoms with Gasteiger partial charge in [0.1, 0.15) is 0 Å². The number of hydrogen-bond acceptors (Lipinski definition) is 3. The van der Waals surface area contributed by atoms with Crippen LogP contribution < -0.4 is 5.73 Å². The van der Waals surface area contributed by atoms with Gasteiger partial charge in [-0.05, 0) is 45.2 Å². The van der Waals surface area contributed by atoms with Gasteiger partial charge in [-0.15, -0.1) is 0 Å². The number of likely N-dealkylation sites (tertiary alicyclic amines) is 1. The molecule has 3 nitrogen and oxygen atoms in total. The second kappa shape index (κ2) is 4.17. The first-order chi connectivity index (χ1) is 6.71. The standard InChI is InChI=1S/C11H22N2O/c1-13-6-2-5-11(12,9-13)10-3-7-14-8-4-10/h10H,2-9,12H2,1H3. The van der Waals surface area contributed by atoms with E-state index in [1.54, 1.807) is 0 Å². The van der Waals surface area contributed by atoms with Gasteiger partial charge in [-0.25, -0.2) is 0 Å². The molecule has 3 heteroatoms. The van der Waals surface area contributed by atoms with Crippen molar-refractivity contribution in [2.24, 2.45) is 11.7 Å². The summed E-state index contributed by atoms with van der Waals surface area (Å²) in [5.74, 6) is 0.680. The minimum absolute atomic E-state index is 0.0663. The van der Waals surface area contributed by atoms with E-state index in [9.17, 15) is 0 Å². The molecule has 0 aromatic rings. The Labute approximate surface area is 86.6 Å². The van der Waals surface area contributed by atoms with Gasteiger partial charge in [0.2, 0.25) is 0 Å². The number of likely N-dealkylation sites (N-methyl/N-ethyl adjacent to an activating group) is 1. The molecule has 2 aliphatic rings. The number of piperidine rings is 1. The van der Waals surface area contributed by atoms with Crippen molar-refractivity contribution in [1.29, 1.82) is 0 Å². The molecule has 2 aliphatic heterocycles. The second-order valence-electron chi connectivity index (χ2n) is 4.96. The largest absolute Gasteiger partial charge is 0.381 e. The van der Waals surface area contributed by atoms with Gasteiger partial charge in [0, 0.05) is 25.3 Å². The van der Waals surface area contributed by atoms with E-state index in [0.717, 1.165) is 32.6 Å². The summed E-state index contributed by atoms with van der Waals surface area (Å²) in [5, 5.41) is 0. The van der Waals surface area contributed by atoms with Crippen molar-refractivity contribution in [3.05, 3.63) is 0 Å². The highest BCUT2D eigenvalue weighted by Crippen LogP contribution is 2.32. The number of nitrogens with zero attached hydrogens (tertiary/aromatic N) is 1. The lowest BCUT2D eigenvalue weighted by Crippen LogP contribution is -2.58. The lowest BCUT2D eigenvalue weighted by atomic mass is 9.75. The average Bonchev–Trinajstić information content (AvgIpc) is 2.19. The van der Waals surface area contributed by atoms with Crippen molar-refractivity contribution in [3.8, 4) is 0 Å². The van der Waals surface area contributed by atoms with E-state index in [2.05, 4.69) is 11.9 Å². The van der Waals surface area contributed by atoms with E-state index in [1.807, 2.05) is 0 Å². The second-order valence-corrected chi connectivity index (χ2v) is 4.96. The number of ether oxygens (including phenoxy) is 1. The Hall–Kier alpha value is -0.120. The van der Waals surface area contributed by atoms with Crippen LogP contribution in [0.1, 0.15) is 25.7 Å². The van der Waals surface area contributed by atoms with Gasteiger partial charge in [0.15, 0.2) is 0 Å². The summed E-state index contributed by atoms with van der Waals surface area (Å²) in [6.07, 6.45) is 4.76. The normalized spacial score (nSPS) is 37.3. The Morgan fingerprint density at radius 2 is 2.07 bits per heavy atom. The van der Waals surface area contributed by atoms with E-state index < -0.39 is 0 Å². The van der Waals surface area contributed by atoms with Crippen LogP contribution in [0.15, 0.2) is 0 Å². The van der Waals surface area contributed by atoms with Gasteiger partial charge in [-0.3, -0.25) is 0 Å². The maximum absolute atomic E-state index is 6.53. The molecule has 0 saturated carbocycles. The van der Waals surface area contributed by atoms with Crippen molar-refractivity contribution < 1.29 is 4.74 Å². The van der Waals surface area contributed by atoms with Crippen LogP contribution >= 0.6 is 0 Å². The van der Waals surface area contributed by atoms with Crippen LogP contribution in [-0.4, -0.2) is 43.8 Å². The molecule has 0 aliphatic carbocycles. The molecule has 0 spiro atoms. The van der Waals surface area contributed by atoms with Crippen LogP contribution in [0.25, 0.3) is 0 Å². The number of rotatable bonds is 1. The molecule has 2 fully saturated rings. The molecule has 1 atom stereocenters. The topological polar surface area (TPSA) is 38.5 Å². The minimum atomic E-state index is 0.0663. The van der Waals surface area contributed by atoms with Gasteiger partial charge in [-0.1, -0.05) is 0 Å². The zero-order valence-electron chi connectivity index (χ0n) is 9.17. The van der Waals surface area contributed by atoms with Crippen molar-refractivity contribution in [2.45, 2.75) is 31.2 Å². The van der Waals surface area contributed by atoms with Crippen molar-refractivity contribution in [2.75, 3.05) is 33.4 Å². The number of hydrogen-bond donors (Lipinski definition) is 1. The summed E-state index contributed by atoms with van der Waals surface area (Å²) in [6.45, 7) is 4.10. The highest BCUT2D eigenvalue weighted by atomic mass is 16.5. The highest BCUT2D eigenvalue weighted by Gasteiger charge is 2.38. The molecule has 2 N–H and O–H groups in total. The van der Waals surface area contributed by atoms with E-state index in [-0.39, 0.29) is 5.54 Å². The summed E-state index contributed by atoms with van der Waals surface area (Å²) < 4.78 is 5.39. The Morgan fingerprint density at radius 3 is 2.71 bits per heavy atom. The molecule has 0 aromatic heterocycles. The van der Waals surface area contributed by atoms with Crippen LogP contribution in [0.5, 0.6) is 0 Å². The Kier molecular flexibility index (Phi) is 3.10. The highest BCUT2D eigenvalue weighted by molar-refractivity contribution is 4.96. The summed E-state index contributed by atoms with van der Waals surface area (Å²) in [6, 6.07) is 0. The molecule has 1 unspecified atom stereocenters. The zero-order valence-corrected chi connectivity index (χ0v) is 9.17. The number of nitrogens with two attached hydrogens (primary N) is 1. The molecular formula is C11H22N2O. The zero-order chi connectivity index (χ0) is 10.0. The molecule has 2 saturated heterocycles. The third-order valence-electron chi connectivity index (χ3n) is 3.78. The van der Waals surface area contributed by atoms with Gasteiger partial charge in [-0.2, -0.15) is 0 Å². The average molecular weight is 198 g/mol. The Morgan fingerprint density at radius 1 is 1.36 bits per heavy atom. The molecular weight excluding hydrogens is 176 g/mol. The molecule has 2 heterocycles. The summed E-state index contributed by atoms with van der Waals surface area (Å²) >= 11 is 0. The molecule has 0 amide bonds. The Bertz CT molecular complexity index is 192. The van der Waals surface area contributed by atoms with Crippen LogP contribution in [0.2, 0.25) is 0 Å². The van der Waals surface area contributed by atoms with Gasteiger partial charge >= 0.3 is 0 Å². The van der Waals surface area contributed by atoms with E-state index in [0.29, 0.717) is 5.92 Å². The lowest BCUT2D eigenvalue weighted by Gasteiger charge is -2.45. The fourth-order valence-corrected chi connectivity index (χ4v) is 2.94. The SMILES string of the molecule is CN1CCCC(N)(C2CCOCC2)C1. The first-order valence-corrected chi connectivity index (χ1v) is 5.76. The smallest absolute Gasteiger partial charge is 0.0469 e.